The quantitative estimate of drug-likeness (QED) is 0.372. The summed E-state index contributed by atoms with van der Waals surface area (Å²) in [6.45, 7) is 3.52. The van der Waals surface area contributed by atoms with Gasteiger partial charge in [0, 0.05) is 10.0 Å². The van der Waals surface area contributed by atoms with E-state index >= 15 is 0 Å². The highest BCUT2D eigenvalue weighted by molar-refractivity contribution is 9.10. The van der Waals surface area contributed by atoms with Crippen molar-refractivity contribution in [3.05, 3.63) is 92.8 Å². The minimum atomic E-state index is -1.08. The highest BCUT2D eigenvalue weighted by Gasteiger charge is 2.35. The van der Waals surface area contributed by atoms with Gasteiger partial charge in [-0.2, -0.15) is 0 Å². The Balaban J connectivity index is 1.76. The molecule has 34 heavy (non-hydrogen) atoms. The third-order valence-corrected chi connectivity index (χ3v) is 6.43. The molecule has 172 valence electrons. The first-order valence-electron chi connectivity index (χ1n) is 10.4. The second-order valence-corrected chi connectivity index (χ2v) is 9.61. The smallest absolute Gasteiger partial charge is 0.341 e. The molecule has 1 N–H and O–H groups in total. The number of carbonyl (C=O) groups excluding carboxylic acids is 1. The van der Waals surface area contributed by atoms with Gasteiger partial charge in [-0.3, -0.25) is 9.69 Å². The van der Waals surface area contributed by atoms with Crippen molar-refractivity contribution < 1.29 is 19.4 Å². The number of carboxylic acids is 1. The summed E-state index contributed by atoms with van der Waals surface area (Å²) in [6.07, 6.45) is 1.70. The number of nitrogens with zero attached hydrogens (tertiary/aromatic N) is 2. The van der Waals surface area contributed by atoms with Crippen molar-refractivity contribution in [3.8, 4) is 5.75 Å². The number of benzene rings is 3. The third-order valence-electron chi connectivity index (χ3n) is 4.97. The average molecular weight is 537 g/mol. The Morgan fingerprint density at radius 3 is 2.35 bits per heavy atom. The van der Waals surface area contributed by atoms with E-state index in [-0.39, 0.29) is 5.91 Å². The zero-order chi connectivity index (χ0) is 24.2. The van der Waals surface area contributed by atoms with Crippen molar-refractivity contribution in [2.75, 3.05) is 11.5 Å². The number of anilines is 1. The summed E-state index contributed by atoms with van der Waals surface area (Å²) in [5, 5.41) is 9.52. The minimum Gasteiger partial charge on any atom is -0.481 e. The number of hydrogen-bond acceptors (Lipinski definition) is 5. The summed E-state index contributed by atoms with van der Waals surface area (Å²) in [5.41, 5.74) is 4.26. The van der Waals surface area contributed by atoms with E-state index in [9.17, 15) is 9.59 Å². The molecule has 0 radical (unpaired) electrons. The Bertz CT molecular complexity index is 1300. The molecule has 0 bridgehead atoms. The molecule has 0 aromatic heterocycles. The molecule has 1 heterocycles. The summed E-state index contributed by atoms with van der Waals surface area (Å²) < 4.78 is 6.21. The summed E-state index contributed by atoms with van der Waals surface area (Å²) in [7, 11) is 0. The Morgan fingerprint density at radius 2 is 1.71 bits per heavy atom. The number of carboxylic acid groups (broad SMARTS) is 1. The molecule has 8 heteroatoms. The van der Waals surface area contributed by atoms with Crippen LogP contribution in [0.15, 0.2) is 81.1 Å². The van der Waals surface area contributed by atoms with Crippen LogP contribution in [0.1, 0.15) is 16.7 Å². The number of ether oxygens (including phenoxy) is 1. The van der Waals surface area contributed by atoms with Crippen LogP contribution in [0.5, 0.6) is 5.75 Å². The summed E-state index contributed by atoms with van der Waals surface area (Å²) in [5.74, 6) is -0.924. The van der Waals surface area contributed by atoms with Crippen molar-refractivity contribution >= 4 is 62.2 Å². The number of aliphatic carboxylic acids is 1. The topological polar surface area (TPSA) is 79.2 Å². The fourth-order valence-electron chi connectivity index (χ4n) is 3.24. The molecule has 0 aliphatic carbocycles. The first kappa shape index (κ1) is 23.8. The van der Waals surface area contributed by atoms with Crippen molar-refractivity contribution in [1.29, 1.82) is 0 Å². The maximum Gasteiger partial charge on any atom is 0.341 e. The fourth-order valence-corrected chi connectivity index (χ4v) is 4.61. The monoisotopic (exact) mass is 536 g/mol. The SMILES string of the molecule is Cc1ccc(N=C2S/C(=C\c3cc(Br)ccc3OCC(=O)O)C(=O)N2c2ccc(C)cc2)cc1. The number of halogens is 1. The predicted molar refractivity (Wildman–Crippen MR) is 140 cm³/mol. The molecular weight excluding hydrogens is 516 g/mol. The van der Waals surface area contributed by atoms with Crippen LogP contribution in [0, 0.1) is 13.8 Å². The molecule has 0 atom stereocenters. The molecular formula is C26H21BrN2O4S. The number of amides is 1. The molecule has 1 aliphatic heterocycles. The Morgan fingerprint density at radius 1 is 1.06 bits per heavy atom. The molecule has 4 rings (SSSR count). The number of thioether (sulfide) groups is 1. The highest BCUT2D eigenvalue weighted by atomic mass is 79.9. The Hall–Kier alpha value is -3.36. The van der Waals surface area contributed by atoms with Gasteiger partial charge in [-0.05, 0) is 74.1 Å². The molecule has 1 aliphatic rings. The maximum atomic E-state index is 13.5. The fraction of sp³-hybridized carbons (Fsp3) is 0.115. The lowest BCUT2D eigenvalue weighted by Crippen LogP contribution is -2.28. The molecule has 1 amide bonds. The lowest BCUT2D eigenvalue weighted by Gasteiger charge is -2.16. The standard InChI is InChI=1S/C26H21BrN2O4S/c1-16-3-8-20(9-4-16)28-26-29(21-10-5-17(2)6-11-21)25(32)23(34-26)14-18-13-19(27)7-12-22(18)33-15-24(30)31/h3-14H,15H2,1-2H3,(H,30,31)/b23-14-,28-26?. The van der Waals surface area contributed by atoms with Crippen LogP contribution in [0.2, 0.25) is 0 Å². The van der Waals surface area contributed by atoms with Crippen molar-refractivity contribution in [2.24, 2.45) is 4.99 Å². The van der Waals surface area contributed by atoms with Crippen LogP contribution < -0.4 is 9.64 Å². The number of aliphatic imine (C=N–C) groups is 1. The molecule has 1 saturated heterocycles. The zero-order valence-electron chi connectivity index (χ0n) is 18.5. The van der Waals surface area contributed by atoms with E-state index in [1.807, 2.05) is 62.4 Å². The van der Waals surface area contributed by atoms with Gasteiger partial charge in [0.1, 0.15) is 5.75 Å². The first-order chi connectivity index (χ1) is 16.3. The van der Waals surface area contributed by atoms with Gasteiger partial charge in [0.2, 0.25) is 0 Å². The van der Waals surface area contributed by atoms with E-state index in [4.69, 9.17) is 14.8 Å². The van der Waals surface area contributed by atoms with Gasteiger partial charge in [-0.25, -0.2) is 9.79 Å². The van der Waals surface area contributed by atoms with E-state index in [0.29, 0.717) is 27.1 Å². The van der Waals surface area contributed by atoms with Gasteiger partial charge in [-0.1, -0.05) is 51.3 Å². The molecule has 3 aromatic carbocycles. The van der Waals surface area contributed by atoms with E-state index in [2.05, 4.69) is 15.9 Å². The normalized spacial score (nSPS) is 15.9. The molecule has 3 aromatic rings. The second-order valence-electron chi connectivity index (χ2n) is 7.68. The maximum absolute atomic E-state index is 13.5. The van der Waals surface area contributed by atoms with Gasteiger partial charge in [-0.15, -0.1) is 0 Å². The van der Waals surface area contributed by atoms with Crippen LogP contribution in [0.25, 0.3) is 6.08 Å². The van der Waals surface area contributed by atoms with Gasteiger partial charge >= 0.3 is 5.97 Å². The number of carbonyl (C=O) groups is 2. The van der Waals surface area contributed by atoms with Gasteiger partial charge in [0.15, 0.2) is 11.8 Å². The third kappa shape index (κ3) is 5.58. The van der Waals surface area contributed by atoms with Crippen LogP contribution in [-0.2, 0) is 9.59 Å². The van der Waals surface area contributed by atoms with Crippen molar-refractivity contribution in [1.82, 2.24) is 0 Å². The first-order valence-corrected chi connectivity index (χ1v) is 12.0. The summed E-state index contributed by atoms with van der Waals surface area (Å²) >= 11 is 4.69. The summed E-state index contributed by atoms with van der Waals surface area (Å²) in [6, 6.07) is 20.7. The van der Waals surface area contributed by atoms with E-state index in [0.717, 1.165) is 21.3 Å². The average Bonchev–Trinajstić information content (AvgIpc) is 3.10. The van der Waals surface area contributed by atoms with Crippen molar-refractivity contribution in [3.63, 3.8) is 0 Å². The Labute approximate surface area is 210 Å². The van der Waals surface area contributed by atoms with Gasteiger partial charge in [0.25, 0.3) is 5.91 Å². The van der Waals surface area contributed by atoms with Gasteiger partial charge in [0.05, 0.1) is 16.3 Å². The summed E-state index contributed by atoms with van der Waals surface area (Å²) in [4.78, 5) is 31.3. The largest absolute Gasteiger partial charge is 0.481 e. The van der Waals surface area contributed by atoms with Crippen LogP contribution >= 0.6 is 27.7 Å². The number of amidine groups is 1. The second kappa shape index (κ2) is 10.3. The van der Waals surface area contributed by atoms with Crippen LogP contribution in [-0.4, -0.2) is 28.8 Å². The van der Waals surface area contributed by atoms with Crippen LogP contribution in [0.3, 0.4) is 0 Å². The highest BCUT2D eigenvalue weighted by Crippen LogP contribution is 2.38. The molecule has 0 saturated carbocycles. The molecule has 0 unspecified atom stereocenters. The lowest BCUT2D eigenvalue weighted by molar-refractivity contribution is -0.139. The van der Waals surface area contributed by atoms with Crippen LogP contribution in [0.4, 0.5) is 11.4 Å². The Kier molecular flexibility index (Phi) is 7.19. The number of hydrogen-bond donors (Lipinski definition) is 1. The van der Waals surface area contributed by atoms with E-state index in [1.54, 1.807) is 29.2 Å². The number of rotatable bonds is 6. The zero-order valence-corrected chi connectivity index (χ0v) is 20.9. The van der Waals surface area contributed by atoms with E-state index in [1.165, 1.54) is 11.8 Å². The molecule has 0 spiro atoms. The molecule has 1 fully saturated rings. The minimum absolute atomic E-state index is 0.219. The number of aryl methyl sites for hydroxylation is 2. The lowest BCUT2D eigenvalue weighted by atomic mass is 10.1. The molecule has 6 nitrogen and oxygen atoms in total. The van der Waals surface area contributed by atoms with E-state index < -0.39 is 12.6 Å². The predicted octanol–water partition coefficient (Wildman–Crippen LogP) is 6.34. The van der Waals surface area contributed by atoms with Crippen molar-refractivity contribution in [2.45, 2.75) is 13.8 Å². The van der Waals surface area contributed by atoms with Gasteiger partial charge < -0.3 is 9.84 Å².